The molecule has 0 radical (unpaired) electrons. The monoisotopic (exact) mass is 574 g/mol. The Morgan fingerprint density at radius 1 is 1.00 bits per heavy atom. The van der Waals surface area contributed by atoms with Gasteiger partial charge >= 0.3 is 5.97 Å². The van der Waals surface area contributed by atoms with Gasteiger partial charge in [-0.25, -0.2) is 0 Å². The lowest BCUT2D eigenvalue weighted by atomic mass is 9.80. The Kier molecular flexibility index (Phi) is 8.12. The van der Waals surface area contributed by atoms with Crippen LogP contribution in [0.25, 0.3) is 22.7 Å². The first-order chi connectivity index (χ1) is 19.7. The fraction of sp³-hybridized carbons (Fsp3) is 0.588. The van der Waals surface area contributed by atoms with E-state index in [2.05, 4.69) is 79.8 Å². The fourth-order valence-electron chi connectivity index (χ4n) is 6.32. The second-order valence-corrected chi connectivity index (χ2v) is 14.5. The van der Waals surface area contributed by atoms with E-state index in [4.69, 9.17) is 4.42 Å². The molecule has 2 aliphatic carbocycles. The molecule has 2 saturated carbocycles. The summed E-state index contributed by atoms with van der Waals surface area (Å²) in [5.41, 5.74) is 5.28. The molecule has 5 rings (SSSR count). The van der Waals surface area contributed by atoms with Gasteiger partial charge in [0, 0.05) is 35.0 Å². The summed E-state index contributed by atoms with van der Waals surface area (Å²) in [6, 6.07) is 8.31. The Labute approximate surface area is 249 Å². The third-order valence-corrected chi connectivity index (χ3v) is 9.02. The van der Waals surface area contributed by atoms with E-state index in [9.17, 15) is 14.7 Å². The number of carbonyl (C=O) groups is 2. The fourth-order valence-corrected chi connectivity index (χ4v) is 6.32. The van der Waals surface area contributed by atoms with Gasteiger partial charge in [0.2, 0.25) is 11.8 Å². The minimum absolute atomic E-state index is 0.0951. The molecule has 1 amide bonds. The van der Waals surface area contributed by atoms with E-state index >= 15 is 0 Å². The first-order valence-electron chi connectivity index (χ1n) is 15.5. The first kappa shape index (κ1) is 30.1. The molecule has 1 aromatic carbocycles. The van der Waals surface area contributed by atoms with Gasteiger partial charge in [-0.3, -0.25) is 9.59 Å². The summed E-state index contributed by atoms with van der Waals surface area (Å²) in [6.45, 7) is 15.6. The molecule has 0 atom stereocenters. The van der Waals surface area contributed by atoms with Gasteiger partial charge in [-0.05, 0) is 73.3 Å². The normalized spacial score (nSPS) is 19.9. The highest BCUT2D eigenvalue weighted by molar-refractivity contribution is 5.97. The first-order valence-corrected chi connectivity index (χ1v) is 15.5. The standard InChI is InChI=1S/C34H46N4O4/c1-20-26(29(39)35-24-15-23(16-24)31(40)41)18-28(38(20)19-21-11-9-8-10-12-21)22-13-14-25(27(17-22)33(2,3)4)30-36-37-32(42-30)34(5,6)7/h13-14,17-18,21,23-24H,8-12,15-16,19H2,1-7H3,(H,35,39)(H,40,41)/t23-,24-. The molecule has 0 saturated heterocycles. The Morgan fingerprint density at radius 2 is 1.69 bits per heavy atom. The van der Waals surface area contributed by atoms with Crippen molar-refractivity contribution in [2.45, 2.75) is 117 Å². The van der Waals surface area contributed by atoms with Crippen LogP contribution < -0.4 is 5.32 Å². The third kappa shape index (κ3) is 6.18. The van der Waals surface area contributed by atoms with Crippen LogP contribution in [0.1, 0.15) is 114 Å². The average Bonchev–Trinajstić information content (AvgIpc) is 3.51. The molecule has 0 aliphatic heterocycles. The predicted molar refractivity (Wildman–Crippen MR) is 163 cm³/mol. The average molecular weight is 575 g/mol. The number of aromatic nitrogens is 3. The van der Waals surface area contributed by atoms with Crippen LogP contribution in [0.5, 0.6) is 0 Å². The number of amides is 1. The van der Waals surface area contributed by atoms with Crippen LogP contribution in [-0.2, 0) is 22.2 Å². The topological polar surface area (TPSA) is 110 Å². The van der Waals surface area contributed by atoms with Crippen molar-refractivity contribution in [3.63, 3.8) is 0 Å². The van der Waals surface area contributed by atoms with Crippen LogP contribution in [-0.4, -0.2) is 37.8 Å². The van der Waals surface area contributed by atoms with Crippen molar-refractivity contribution in [2.24, 2.45) is 11.8 Å². The molecule has 2 fully saturated rings. The van der Waals surface area contributed by atoms with Gasteiger partial charge < -0.3 is 19.4 Å². The lowest BCUT2D eigenvalue weighted by Gasteiger charge is -2.32. The Balaban J connectivity index is 1.53. The quantitative estimate of drug-likeness (QED) is 0.307. The minimum atomic E-state index is -0.786. The zero-order chi connectivity index (χ0) is 30.4. The number of carboxylic acids is 1. The van der Waals surface area contributed by atoms with E-state index in [0.29, 0.717) is 36.1 Å². The number of rotatable bonds is 7. The maximum Gasteiger partial charge on any atom is 0.306 e. The second-order valence-electron chi connectivity index (χ2n) is 14.5. The molecule has 8 nitrogen and oxygen atoms in total. The van der Waals surface area contributed by atoms with E-state index in [1.165, 1.54) is 32.1 Å². The number of carbonyl (C=O) groups excluding carboxylic acids is 1. The molecule has 2 N–H and O–H groups in total. The van der Waals surface area contributed by atoms with Crippen molar-refractivity contribution in [2.75, 3.05) is 0 Å². The van der Waals surface area contributed by atoms with Crippen LogP contribution in [0, 0.1) is 18.8 Å². The Hall–Kier alpha value is -3.42. The number of hydrogen-bond acceptors (Lipinski definition) is 5. The van der Waals surface area contributed by atoms with Gasteiger partial charge in [0.15, 0.2) is 0 Å². The summed E-state index contributed by atoms with van der Waals surface area (Å²) >= 11 is 0. The molecule has 2 heterocycles. The van der Waals surface area contributed by atoms with Crippen LogP contribution in [0.3, 0.4) is 0 Å². The third-order valence-electron chi connectivity index (χ3n) is 9.02. The molecule has 2 aliphatic rings. The summed E-state index contributed by atoms with van der Waals surface area (Å²) in [6.07, 6.45) is 7.18. The molecular formula is C34H46N4O4. The molecule has 42 heavy (non-hydrogen) atoms. The van der Waals surface area contributed by atoms with Crippen LogP contribution in [0.15, 0.2) is 28.7 Å². The summed E-state index contributed by atoms with van der Waals surface area (Å²) in [5.74, 6) is 0.429. The molecule has 0 bridgehead atoms. The molecular weight excluding hydrogens is 528 g/mol. The number of hydrogen-bond donors (Lipinski definition) is 2. The SMILES string of the molecule is Cc1c(C(=O)N[C@H]2C[C@H](C(=O)O)C2)cc(-c2ccc(-c3nnc(C(C)(C)C)o3)c(C(C)(C)C)c2)n1CC1CCCCC1. The summed E-state index contributed by atoms with van der Waals surface area (Å²) < 4.78 is 8.48. The second kappa shape index (κ2) is 11.3. The summed E-state index contributed by atoms with van der Waals surface area (Å²) in [5, 5.41) is 21.1. The van der Waals surface area contributed by atoms with Crippen molar-refractivity contribution in [3.05, 3.63) is 47.0 Å². The number of carboxylic acid groups (broad SMARTS) is 1. The van der Waals surface area contributed by atoms with Crippen molar-refractivity contribution in [1.82, 2.24) is 20.1 Å². The van der Waals surface area contributed by atoms with Crippen LogP contribution in [0.4, 0.5) is 0 Å². The largest absolute Gasteiger partial charge is 0.481 e. The van der Waals surface area contributed by atoms with Gasteiger partial charge in [-0.2, -0.15) is 0 Å². The highest BCUT2D eigenvalue weighted by atomic mass is 16.4. The highest BCUT2D eigenvalue weighted by Gasteiger charge is 2.36. The Bertz CT molecular complexity index is 1460. The lowest BCUT2D eigenvalue weighted by molar-refractivity contribution is -0.145. The van der Waals surface area contributed by atoms with Crippen molar-refractivity contribution in [1.29, 1.82) is 0 Å². The van der Waals surface area contributed by atoms with E-state index < -0.39 is 5.97 Å². The van der Waals surface area contributed by atoms with E-state index in [1.54, 1.807) is 0 Å². The van der Waals surface area contributed by atoms with Gasteiger partial charge in [0.25, 0.3) is 5.91 Å². The van der Waals surface area contributed by atoms with Gasteiger partial charge in [0.05, 0.1) is 11.5 Å². The lowest BCUT2D eigenvalue weighted by Crippen LogP contribution is -2.46. The van der Waals surface area contributed by atoms with Crippen LogP contribution in [0.2, 0.25) is 0 Å². The number of nitrogens with zero attached hydrogens (tertiary/aromatic N) is 3. The molecule has 226 valence electrons. The number of aliphatic carboxylic acids is 1. The number of benzene rings is 1. The van der Waals surface area contributed by atoms with Gasteiger partial charge in [-0.1, -0.05) is 66.9 Å². The smallest absolute Gasteiger partial charge is 0.306 e. The molecule has 3 aromatic rings. The zero-order valence-electron chi connectivity index (χ0n) is 26.2. The van der Waals surface area contributed by atoms with Crippen molar-refractivity contribution < 1.29 is 19.1 Å². The van der Waals surface area contributed by atoms with E-state index in [1.807, 2.05) is 13.0 Å². The van der Waals surface area contributed by atoms with Gasteiger partial charge in [0.1, 0.15) is 0 Å². The maximum absolute atomic E-state index is 13.5. The zero-order valence-corrected chi connectivity index (χ0v) is 26.2. The highest BCUT2D eigenvalue weighted by Crippen LogP contribution is 2.39. The maximum atomic E-state index is 13.5. The minimum Gasteiger partial charge on any atom is -0.481 e. The molecule has 2 aromatic heterocycles. The number of nitrogens with one attached hydrogen (secondary N) is 1. The van der Waals surface area contributed by atoms with Crippen molar-refractivity contribution in [3.8, 4) is 22.7 Å². The van der Waals surface area contributed by atoms with Crippen molar-refractivity contribution >= 4 is 11.9 Å². The summed E-state index contributed by atoms with van der Waals surface area (Å²) in [4.78, 5) is 24.7. The van der Waals surface area contributed by atoms with Gasteiger partial charge in [-0.15, -0.1) is 10.2 Å². The van der Waals surface area contributed by atoms with E-state index in [0.717, 1.165) is 34.6 Å². The Morgan fingerprint density at radius 3 is 2.29 bits per heavy atom. The molecule has 0 unspecified atom stereocenters. The van der Waals surface area contributed by atoms with Crippen LogP contribution >= 0.6 is 0 Å². The van der Waals surface area contributed by atoms with E-state index in [-0.39, 0.29) is 28.7 Å². The molecule has 8 heteroatoms. The predicted octanol–water partition coefficient (Wildman–Crippen LogP) is 7.28. The molecule has 0 spiro atoms. The summed E-state index contributed by atoms with van der Waals surface area (Å²) in [7, 11) is 0.